The highest BCUT2D eigenvalue weighted by atomic mass is 19.1. The molecule has 0 aliphatic carbocycles. The fraction of sp³-hybridized carbons (Fsp3) is 0.500. The van der Waals surface area contributed by atoms with Gasteiger partial charge in [-0.3, -0.25) is 4.79 Å². The van der Waals surface area contributed by atoms with E-state index in [9.17, 15) is 9.18 Å². The van der Waals surface area contributed by atoms with Gasteiger partial charge in [-0.2, -0.15) is 0 Å². The molecule has 1 N–H and O–H groups in total. The first-order chi connectivity index (χ1) is 8.47. The zero-order chi connectivity index (χ0) is 13.7. The topological polar surface area (TPSA) is 40.5 Å². The highest BCUT2D eigenvalue weighted by Gasteiger charge is 2.21. The van der Waals surface area contributed by atoms with Crippen molar-refractivity contribution in [1.29, 1.82) is 0 Å². The van der Waals surface area contributed by atoms with Crippen molar-refractivity contribution in [2.75, 3.05) is 13.2 Å². The molecule has 1 amide bonds. The molecule has 0 unspecified atom stereocenters. The number of aliphatic hydroxyl groups is 1. The number of nitrogens with zero attached hydrogens (tertiary/aromatic N) is 1. The molecule has 0 fully saturated rings. The molecule has 1 aromatic rings. The van der Waals surface area contributed by atoms with E-state index in [0.29, 0.717) is 13.0 Å². The van der Waals surface area contributed by atoms with Crippen LogP contribution in [0.15, 0.2) is 18.2 Å². The van der Waals surface area contributed by atoms with E-state index >= 15 is 0 Å². The number of amides is 1. The van der Waals surface area contributed by atoms with Gasteiger partial charge in [0.05, 0.1) is 5.56 Å². The summed E-state index contributed by atoms with van der Waals surface area (Å²) in [6, 6.07) is 4.57. The Morgan fingerprint density at radius 3 is 2.61 bits per heavy atom. The van der Waals surface area contributed by atoms with E-state index in [2.05, 4.69) is 0 Å². The summed E-state index contributed by atoms with van der Waals surface area (Å²) in [5, 5.41) is 8.83. The quantitative estimate of drug-likeness (QED) is 0.875. The van der Waals surface area contributed by atoms with E-state index in [-0.39, 0.29) is 24.1 Å². The summed E-state index contributed by atoms with van der Waals surface area (Å²) in [4.78, 5) is 13.8. The first-order valence-corrected chi connectivity index (χ1v) is 6.15. The van der Waals surface area contributed by atoms with E-state index < -0.39 is 5.82 Å². The molecule has 3 nitrogen and oxygen atoms in total. The maximum atomic E-state index is 13.7. The van der Waals surface area contributed by atoms with Crippen molar-refractivity contribution in [3.63, 3.8) is 0 Å². The lowest BCUT2D eigenvalue weighted by molar-refractivity contribution is 0.0688. The fourth-order valence-electron chi connectivity index (χ4n) is 1.78. The number of halogens is 1. The smallest absolute Gasteiger partial charge is 0.257 e. The van der Waals surface area contributed by atoms with Crippen molar-refractivity contribution in [2.24, 2.45) is 0 Å². The van der Waals surface area contributed by atoms with Gasteiger partial charge >= 0.3 is 0 Å². The maximum Gasteiger partial charge on any atom is 0.257 e. The van der Waals surface area contributed by atoms with Crippen LogP contribution in [0.25, 0.3) is 0 Å². The Labute approximate surface area is 107 Å². The second kappa shape index (κ2) is 6.50. The molecule has 18 heavy (non-hydrogen) atoms. The van der Waals surface area contributed by atoms with Crippen LogP contribution in [0.4, 0.5) is 4.39 Å². The Bertz CT molecular complexity index is 418. The maximum absolute atomic E-state index is 13.7. The lowest BCUT2D eigenvalue weighted by atomic mass is 10.1. The Morgan fingerprint density at radius 2 is 2.11 bits per heavy atom. The fourth-order valence-corrected chi connectivity index (χ4v) is 1.78. The third-order valence-electron chi connectivity index (χ3n) is 2.80. The molecule has 0 radical (unpaired) electrons. The third kappa shape index (κ3) is 3.53. The van der Waals surface area contributed by atoms with Gasteiger partial charge < -0.3 is 10.0 Å². The molecule has 0 bridgehead atoms. The van der Waals surface area contributed by atoms with Gasteiger partial charge in [0.25, 0.3) is 5.91 Å². The summed E-state index contributed by atoms with van der Waals surface area (Å²) in [6.45, 7) is 5.99. The number of aryl methyl sites for hydroxylation is 1. The molecular formula is C14H20FNO2. The van der Waals surface area contributed by atoms with Gasteiger partial charge in [-0.05, 0) is 44.9 Å². The Balaban J connectivity index is 2.94. The van der Waals surface area contributed by atoms with E-state index in [0.717, 1.165) is 5.56 Å². The first-order valence-electron chi connectivity index (χ1n) is 6.15. The molecule has 0 aromatic heterocycles. The minimum atomic E-state index is -0.491. The van der Waals surface area contributed by atoms with Crippen LogP contribution in [-0.2, 0) is 0 Å². The van der Waals surface area contributed by atoms with E-state index in [1.165, 1.54) is 12.1 Å². The molecule has 1 aromatic carbocycles. The molecule has 0 spiro atoms. The summed E-state index contributed by atoms with van der Waals surface area (Å²) in [5.41, 5.74) is 0.878. The van der Waals surface area contributed by atoms with Gasteiger partial charge in [-0.1, -0.05) is 6.07 Å². The number of rotatable bonds is 5. The van der Waals surface area contributed by atoms with Gasteiger partial charge in [-0.25, -0.2) is 4.39 Å². The van der Waals surface area contributed by atoms with Crippen LogP contribution in [-0.4, -0.2) is 35.1 Å². The second-order valence-electron chi connectivity index (χ2n) is 4.65. The van der Waals surface area contributed by atoms with Gasteiger partial charge in [-0.15, -0.1) is 0 Å². The molecule has 100 valence electrons. The number of carbonyl (C=O) groups is 1. The lowest BCUT2D eigenvalue weighted by Crippen LogP contribution is -2.38. The first kappa shape index (κ1) is 14.6. The Kier molecular flexibility index (Phi) is 5.28. The van der Waals surface area contributed by atoms with Crippen LogP contribution in [0.1, 0.15) is 36.2 Å². The van der Waals surface area contributed by atoms with Crippen molar-refractivity contribution in [3.8, 4) is 0 Å². The summed E-state index contributed by atoms with van der Waals surface area (Å²) in [6.07, 6.45) is 0.497. The van der Waals surface area contributed by atoms with Crippen molar-refractivity contribution in [1.82, 2.24) is 4.90 Å². The van der Waals surface area contributed by atoms with Gasteiger partial charge in [0.1, 0.15) is 5.82 Å². The zero-order valence-electron chi connectivity index (χ0n) is 11.1. The molecule has 0 saturated heterocycles. The molecule has 0 aliphatic heterocycles. The Hall–Kier alpha value is -1.42. The highest BCUT2D eigenvalue weighted by Crippen LogP contribution is 2.14. The van der Waals surface area contributed by atoms with Crippen molar-refractivity contribution < 1.29 is 14.3 Å². The Morgan fingerprint density at radius 1 is 1.44 bits per heavy atom. The number of hydrogen-bond donors (Lipinski definition) is 1. The molecule has 0 saturated carbocycles. The SMILES string of the molecule is Cc1ccc(C(=O)N(CCCO)C(C)C)c(F)c1. The summed E-state index contributed by atoms with van der Waals surface area (Å²) >= 11 is 0. The van der Waals surface area contributed by atoms with E-state index in [4.69, 9.17) is 5.11 Å². The summed E-state index contributed by atoms with van der Waals surface area (Å²) in [5.74, 6) is -0.814. The summed E-state index contributed by atoms with van der Waals surface area (Å²) < 4.78 is 13.7. The van der Waals surface area contributed by atoms with Crippen LogP contribution >= 0.6 is 0 Å². The summed E-state index contributed by atoms with van der Waals surface area (Å²) in [7, 11) is 0. The van der Waals surface area contributed by atoms with Crippen molar-refractivity contribution in [3.05, 3.63) is 35.1 Å². The largest absolute Gasteiger partial charge is 0.396 e. The monoisotopic (exact) mass is 253 g/mol. The molecule has 4 heteroatoms. The number of benzene rings is 1. The number of aliphatic hydroxyl groups excluding tert-OH is 1. The number of carbonyl (C=O) groups excluding carboxylic acids is 1. The second-order valence-corrected chi connectivity index (χ2v) is 4.65. The van der Waals surface area contributed by atoms with Gasteiger partial charge in [0.2, 0.25) is 0 Å². The molecule has 1 rings (SSSR count). The van der Waals surface area contributed by atoms with Crippen LogP contribution < -0.4 is 0 Å². The minimum absolute atomic E-state index is 0.0207. The average molecular weight is 253 g/mol. The molecular weight excluding hydrogens is 233 g/mol. The lowest BCUT2D eigenvalue weighted by Gasteiger charge is -2.26. The minimum Gasteiger partial charge on any atom is -0.396 e. The molecule has 0 aliphatic rings. The van der Waals surface area contributed by atoms with Crippen LogP contribution in [0.3, 0.4) is 0 Å². The predicted molar refractivity (Wildman–Crippen MR) is 69.0 cm³/mol. The molecule has 0 atom stereocenters. The zero-order valence-corrected chi connectivity index (χ0v) is 11.1. The van der Waals surface area contributed by atoms with E-state index in [1.807, 2.05) is 13.8 Å². The number of hydrogen-bond acceptors (Lipinski definition) is 2. The van der Waals surface area contributed by atoms with Crippen LogP contribution in [0.5, 0.6) is 0 Å². The third-order valence-corrected chi connectivity index (χ3v) is 2.80. The predicted octanol–water partition coefficient (Wildman–Crippen LogP) is 2.37. The normalized spacial score (nSPS) is 10.8. The van der Waals surface area contributed by atoms with Crippen molar-refractivity contribution >= 4 is 5.91 Å². The van der Waals surface area contributed by atoms with Gasteiger partial charge in [0.15, 0.2) is 0 Å². The standard InChI is InChI=1S/C14H20FNO2/c1-10(2)16(7-4-8-17)14(18)12-6-5-11(3)9-13(12)15/h5-6,9-10,17H,4,7-8H2,1-3H3. The van der Waals surface area contributed by atoms with E-state index in [1.54, 1.807) is 17.9 Å². The van der Waals surface area contributed by atoms with Crippen LogP contribution in [0, 0.1) is 12.7 Å². The average Bonchev–Trinajstić information content (AvgIpc) is 2.28. The van der Waals surface area contributed by atoms with Crippen LogP contribution in [0.2, 0.25) is 0 Å². The molecule has 0 heterocycles. The van der Waals surface area contributed by atoms with Crippen molar-refractivity contribution in [2.45, 2.75) is 33.2 Å². The highest BCUT2D eigenvalue weighted by molar-refractivity contribution is 5.94. The van der Waals surface area contributed by atoms with Gasteiger partial charge in [0, 0.05) is 19.2 Å².